The van der Waals surface area contributed by atoms with Gasteiger partial charge in [0, 0.05) is 0 Å². The molecule has 46 valence electrons. The van der Waals surface area contributed by atoms with Crippen LogP contribution in [0.5, 0.6) is 0 Å². The molecule has 8 heavy (non-hydrogen) atoms. The van der Waals surface area contributed by atoms with Crippen molar-refractivity contribution in [1.82, 2.24) is 0 Å². The van der Waals surface area contributed by atoms with Gasteiger partial charge in [0.15, 0.2) is 0 Å². The quantitative estimate of drug-likeness (QED) is 0.420. The maximum atomic E-state index is 3.79. The molecule has 0 aliphatic heterocycles. The predicted molar refractivity (Wildman–Crippen MR) is 38.9 cm³/mol. The molecule has 1 aliphatic carbocycles. The van der Waals surface area contributed by atoms with Crippen LogP contribution in [0.3, 0.4) is 0 Å². The zero-order valence-corrected chi connectivity index (χ0v) is 5.78. The zero-order valence-electron chi connectivity index (χ0n) is 5.78. The lowest BCUT2D eigenvalue weighted by Crippen LogP contribution is -1.61. The van der Waals surface area contributed by atoms with E-state index in [0.29, 0.717) is 0 Å². The van der Waals surface area contributed by atoms with Crippen LogP contribution in [0.1, 0.15) is 26.7 Å². The third-order valence-electron chi connectivity index (χ3n) is 0.980. The second kappa shape index (κ2) is 4.63. The molecule has 0 heterocycles. The van der Waals surface area contributed by atoms with E-state index < -0.39 is 0 Å². The van der Waals surface area contributed by atoms with E-state index >= 15 is 0 Å². The largest absolute Gasteiger partial charge is 0.0992 e. The smallest absolute Gasteiger partial charge is 0.0138 e. The minimum atomic E-state index is 1.11. The second-order valence-electron chi connectivity index (χ2n) is 1.63. The fraction of sp³-hybridized carbons (Fsp3) is 0.500. The molecule has 0 aromatic heterocycles. The highest BCUT2D eigenvalue weighted by atomic mass is 14.0. The summed E-state index contributed by atoms with van der Waals surface area (Å²) in [4.78, 5) is 0. The molecule has 0 amide bonds. The lowest BCUT2D eigenvalue weighted by atomic mass is 10.3. The summed E-state index contributed by atoms with van der Waals surface area (Å²) in [5.74, 6) is 0. The molecular formula is C8H14. The van der Waals surface area contributed by atoms with Gasteiger partial charge >= 0.3 is 0 Å². The van der Waals surface area contributed by atoms with Crippen molar-refractivity contribution in [2.24, 2.45) is 0 Å². The minimum Gasteiger partial charge on any atom is -0.0992 e. The lowest BCUT2D eigenvalue weighted by Gasteiger charge is -1.81. The molecule has 1 rings (SSSR count). The molecular weight excluding hydrogens is 96.1 g/mol. The highest BCUT2D eigenvalue weighted by molar-refractivity contribution is 5.13. The Morgan fingerprint density at radius 1 is 1.25 bits per heavy atom. The van der Waals surface area contributed by atoms with Gasteiger partial charge in [-0.15, -0.1) is 0 Å². The molecule has 0 bridgehead atoms. The van der Waals surface area contributed by atoms with Crippen molar-refractivity contribution in [3.63, 3.8) is 0 Å². The molecule has 0 radical (unpaired) electrons. The molecule has 0 heteroatoms. The Bertz CT molecular complexity index is 78.2. The van der Waals surface area contributed by atoms with Crippen LogP contribution in [0.4, 0.5) is 0 Å². The monoisotopic (exact) mass is 110 g/mol. The average molecular weight is 110 g/mol. The zero-order chi connectivity index (χ0) is 6.41. The Kier molecular flexibility index (Phi) is 4.33. The minimum absolute atomic E-state index is 1.11. The molecule has 0 fully saturated rings. The van der Waals surface area contributed by atoms with Gasteiger partial charge in [-0.3, -0.25) is 0 Å². The van der Waals surface area contributed by atoms with E-state index in [2.05, 4.69) is 18.7 Å². The Morgan fingerprint density at radius 2 is 1.62 bits per heavy atom. The van der Waals surface area contributed by atoms with Crippen molar-refractivity contribution in [3.05, 3.63) is 24.3 Å². The van der Waals surface area contributed by atoms with Crippen molar-refractivity contribution in [2.45, 2.75) is 26.7 Å². The summed E-state index contributed by atoms with van der Waals surface area (Å²) in [6.45, 7) is 7.79. The Hall–Kier alpha value is -0.520. The summed E-state index contributed by atoms with van der Waals surface area (Å²) in [5.41, 5.74) is 1.34. The van der Waals surface area contributed by atoms with Crippen molar-refractivity contribution >= 4 is 0 Å². The van der Waals surface area contributed by atoms with Crippen LogP contribution < -0.4 is 0 Å². The predicted octanol–water partition coefficient (Wildman–Crippen LogP) is 2.92. The summed E-state index contributed by atoms with van der Waals surface area (Å²) < 4.78 is 0. The lowest BCUT2D eigenvalue weighted by molar-refractivity contribution is 1.21. The highest BCUT2D eigenvalue weighted by Crippen LogP contribution is 2.12. The molecule has 1 aliphatic rings. The van der Waals surface area contributed by atoms with Gasteiger partial charge < -0.3 is 0 Å². The van der Waals surface area contributed by atoms with Crippen molar-refractivity contribution in [2.75, 3.05) is 0 Å². The fourth-order valence-corrected chi connectivity index (χ4v) is 0.583. The Morgan fingerprint density at radius 3 is 1.75 bits per heavy atom. The third kappa shape index (κ3) is 2.62. The van der Waals surface area contributed by atoms with Crippen LogP contribution >= 0.6 is 0 Å². The van der Waals surface area contributed by atoms with Crippen molar-refractivity contribution in [1.29, 1.82) is 0 Å². The molecule has 0 spiro atoms. The van der Waals surface area contributed by atoms with Gasteiger partial charge in [0.1, 0.15) is 0 Å². The standard InChI is InChI=1S/C6H8.C2H6/c1-6-4-2-3-5-6;1-2/h2-3H,1,4-5H2;1-2H3. The number of hydrogen-bond acceptors (Lipinski definition) is 0. The molecule has 0 nitrogen and oxygen atoms in total. The highest BCUT2D eigenvalue weighted by Gasteiger charge is 1.92. The molecule has 0 atom stereocenters. The van der Waals surface area contributed by atoms with Gasteiger partial charge in [-0.25, -0.2) is 0 Å². The molecule has 0 aromatic carbocycles. The van der Waals surface area contributed by atoms with Crippen LogP contribution in [-0.4, -0.2) is 0 Å². The van der Waals surface area contributed by atoms with Crippen LogP contribution in [0.2, 0.25) is 0 Å². The van der Waals surface area contributed by atoms with Crippen LogP contribution in [0.15, 0.2) is 24.3 Å². The number of rotatable bonds is 0. The normalized spacial score (nSPS) is 15.5. The topological polar surface area (TPSA) is 0 Å². The summed E-state index contributed by atoms with van der Waals surface area (Å²) in [6, 6.07) is 0. The van der Waals surface area contributed by atoms with E-state index in [-0.39, 0.29) is 0 Å². The SMILES string of the molecule is C=C1CC=CC1.CC. The first kappa shape index (κ1) is 7.48. The Balaban J connectivity index is 0.000000222. The Labute approximate surface area is 51.9 Å². The summed E-state index contributed by atoms with van der Waals surface area (Å²) in [7, 11) is 0. The van der Waals surface area contributed by atoms with Crippen LogP contribution in [0, 0.1) is 0 Å². The molecule has 0 saturated carbocycles. The first-order chi connectivity index (χ1) is 3.89. The summed E-state index contributed by atoms with van der Waals surface area (Å²) in [6.07, 6.45) is 6.53. The van der Waals surface area contributed by atoms with E-state index in [1.54, 1.807) is 0 Å². The van der Waals surface area contributed by atoms with E-state index in [1.807, 2.05) is 13.8 Å². The third-order valence-corrected chi connectivity index (χ3v) is 0.980. The van der Waals surface area contributed by atoms with Gasteiger partial charge in [-0.05, 0) is 12.8 Å². The van der Waals surface area contributed by atoms with Crippen LogP contribution in [0.25, 0.3) is 0 Å². The van der Waals surface area contributed by atoms with E-state index in [0.717, 1.165) is 12.8 Å². The summed E-state index contributed by atoms with van der Waals surface area (Å²) >= 11 is 0. The van der Waals surface area contributed by atoms with Gasteiger partial charge in [0.25, 0.3) is 0 Å². The fourth-order valence-electron chi connectivity index (χ4n) is 0.583. The maximum absolute atomic E-state index is 3.79. The molecule has 0 saturated heterocycles. The van der Waals surface area contributed by atoms with Gasteiger partial charge in [0.2, 0.25) is 0 Å². The average Bonchev–Trinajstić information content (AvgIpc) is 2.24. The molecule has 0 unspecified atom stereocenters. The van der Waals surface area contributed by atoms with E-state index in [1.165, 1.54) is 5.57 Å². The van der Waals surface area contributed by atoms with Crippen molar-refractivity contribution in [3.8, 4) is 0 Å². The van der Waals surface area contributed by atoms with E-state index in [4.69, 9.17) is 0 Å². The van der Waals surface area contributed by atoms with Gasteiger partial charge in [0.05, 0.1) is 0 Å². The van der Waals surface area contributed by atoms with Gasteiger partial charge in [-0.2, -0.15) is 0 Å². The first-order valence-corrected chi connectivity index (χ1v) is 3.21. The number of hydrogen-bond donors (Lipinski definition) is 0. The second-order valence-corrected chi connectivity index (χ2v) is 1.63. The first-order valence-electron chi connectivity index (χ1n) is 3.21. The molecule has 0 aromatic rings. The van der Waals surface area contributed by atoms with Crippen LogP contribution in [-0.2, 0) is 0 Å². The van der Waals surface area contributed by atoms with Crippen molar-refractivity contribution < 1.29 is 0 Å². The van der Waals surface area contributed by atoms with E-state index in [9.17, 15) is 0 Å². The summed E-state index contributed by atoms with van der Waals surface area (Å²) in [5, 5.41) is 0. The van der Waals surface area contributed by atoms with Gasteiger partial charge in [-0.1, -0.05) is 38.2 Å². The molecule has 0 N–H and O–H groups in total. The maximum Gasteiger partial charge on any atom is -0.0138 e. The number of allylic oxidation sites excluding steroid dienone is 3.